The second-order valence-corrected chi connectivity index (χ2v) is 11.0. The van der Waals surface area contributed by atoms with Crippen molar-refractivity contribution in [2.75, 3.05) is 0 Å². The maximum atomic E-state index is 6.25. The maximum Gasteiger partial charge on any atom is 0.161 e. The molecule has 0 fully saturated rings. The summed E-state index contributed by atoms with van der Waals surface area (Å²) < 4.78 is 8.57. The van der Waals surface area contributed by atoms with Crippen molar-refractivity contribution in [3.8, 4) is 39.6 Å². The van der Waals surface area contributed by atoms with Gasteiger partial charge in [-0.25, -0.2) is 9.97 Å². The van der Waals surface area contributed by atoms with Crippen LogP contribution in [0.3, 0.4) is 0 Å². The zero-order valence-electron chi connectivity index (χ0n) is 23.7. The molecule has 0 bridgehead atoms. The molecular weight excluding hydrogens is 538 g/mol. The van der Waals surface area contributed by atoms with Gasteiger partial charge in [0.25, 0.3) is 0 Å². The van der Waals surface area contributed by atoms with Crippen molar-refractivity contribution >= 4 is 43.7 Å². The lowest BCUT2D eigenvalue weighted by atomic mass is 10.0. The minimum absolute atomic E-state index is 0.688. The van der Waals surface area contributed by atoms with Gasteiger partial charge in [0.15, 0.2) is 5.82 Å². The first-order valence-corrected chi connectivity index (χ1v) is 14.8. The quantitative estimate of drug-likeness (QED) is 0.214. The summed E-state index contributed by atoms with van der Waals surface area (Å²) in [5.74, 6) is 0.688. The molecule has 0 aliphatic carbocycles. The summed E-state index contributed by atoms with van der Waals surface area (Å²) in [6.45, 7) is 0. The molecule has 6 aromatic carbocycles. The van der Waals surface area contributed by atoms with Crippen LogP contribution in [0, 0.1) is 0 Å². The third kappa shape index (κ3) is 3.85. The van der Waals surface area contributed by atoms with Gasteiger partial charge in [0.2, 0.25) is 0 Å². The minimum Gasteiger partial charge on any atom is -0.456 e. The van der Waals surface area contributed by atoms with Crippen LogP contribution in [0.2, 0.25) is 0 Å². The average molecular weight is 564 g/mol. The fourth-order valence-corrected chi connectivity index (χ4v) is 6.42. The number of aromatic nitrogens is 3. The van der Waals surface area contributed by atoms with Crippen LogP contribution >= 0.6 is 0 Å². The molecule has 0 atom stereocenters. The Morgan fingerprint density at radius 3 is 1.95 bits per heavy atom. The lowest BCUT2D eigenvalue weighted by molar-refractivity contribution is 0.669. The van der Waals surface area contributed by atoms with Gasteiger partial charge in [0.1, 0.15) is 11.2 Å². The van der Waals surface area contributed by atoms with Crippen LogP contribution in [-0.2, 0) is 0 Å². The molecule has 0 aliphatic rings. The van der Waals surface area contributed by atoms with E-state index in [2.05, 4.69) is 120 Å². The Hall–Kier alpha value is -6.00. The number of nitrogens with zero attached hydrogens (tertiary/aromatic N) is 3. The average Bonchev–Trinajstić information content (AvgIpc) is 3.64. The van der Waals surface area contributed by atoms with Crippen LogP contribution in [0.5, 0.6) is 0 Å². The van der Waals surface area contributed by atoms with Crippen molar-refractivity contribution in [2.45, 2.75) is 0 Å². The first-order chi connectivity index (χ1) is 21.8. The summed E-state index contributed by atoms with van der Waals surface area (Å²) in [6.07, 6.45) is 0. The second kappa shape index (κ2) is 9.79. The van der Waals surface area contributed by atoms with Crippen LogP contribution < -0.4 is 0 Å². The zero-order chi connectivity index (χ0) is 29.0. The molecule has 9 aromatic rings. The van der Waals surface area contributed by atoms with Gasteiger partial charge >= 0.3 is 0 Å². The minimum atomic E-state index is 0.688. The van der Waals surface area contributed by atoms with E-state index in [4.69, 9.17) is 14.4 Å². The molecule has 4 heteroatoms. The Morgan fingerprint density at radius 2 is 1.11 bits per heavy atom. The molecule has 3 aromatic heterocycles. The lowest BCUT2D eigenvalue weighted by Gasteiger charge is -2.11. The third-order valence-corrected chi connectivity index (χ3v) is 8.42. The van der Waals surface area contributed by atoms with E-state index in [1.54, 1.807) is 0 Å². The standard InChI is InChI=1S/C40H25N3O/c1-3-12-26(13-4-1)33-25-34(27-22-23-30-29-16-8-10-21-37(29)44-38(30)24-27)42-40(41-33)32-18-11-20-36-39(32)31-17-7-9-19-35(31)43(36)28-14-5-2-6-15-28/h1-25H. The fraction of sp³-hybridized carbons (Fsp3) is 0. The number of hydrogen-bond donors (Lipinski definition) is 0. The highest BCUT2D eigenvalue weighted by Gasteiger charge is 2.19. The van der Waals surface area contributed by atoms with Crippen molar-refractivity contribution < 1.29 is 4.42 Å². The van der Waals surface area contributed by atoms with Gasteiger partial charge in [0, 0.05) is 43.9 Å². The molecule has 0 saturated heterocycles. The molecule has 3 heterocycles. The van der Waals surface area contributed by atoms with Crippen molar-refractivity contribution in [3.05, 3.63) is 152 Å². The molecule has 44 heavy (non-hydrogen) atoms. The molecule has 9 rings (SSSR count). The van der Waals surface area contributed by atoms with Crippen molar-refractivity contribution in [3.63, 3.8) is 0 Å². The Kier molecular flexibility index (Phi) is 5.47. The van der Waals surface area contributed by atoms with Crippen molar-refractivity contribution in [1.82, 2.24) is 14.5 Å². The van der Waals surface area contributed by atoms with Gasteiger partial charge in [-0.15, -0.1) is 0 Å². The van der Waals surface area contributed by atoms with E-state index in [9.17, 15) is 0 Å². The van der Waals surface area contributed by atoms with E-state index in [0.29, 0.717) is 5.82 Å². The molecule has 0 aliphatic heterocycles. The van der Waals surface area contributed by atoms with Gasteiger partial charge in [-0.2, -0.15) is 0 Å². The van der Waals surface area contributed by atoms with Crippen LogP contribution in [0.4, 0.5) is 0 Å². The summed E-state index contributed by atoms with van der Waals surface area (Å²) in [5.41, 5.74) is 9.86. The Morgan fingerprint density at radius 1 is 0.455 bits per heavy atom. The van der Waals surface area contributed by atoms with E-state index >= 15 is 0 Å². The third-order valence-electron chi connectivity index (χ3n) is 8.42. The number of furan rings is 1. The van der Waals surface area contributed by atoms with E-state index < -0.39 is 0 Å². The first-order valence-electron chi connectivity index (χ1n) is 14.8. The molecule has 4 nitrogen and oxygen atoms in total. The fourth-order valence-electron chi connectivity index (χ4n) is 6.42. The predicted molar refractivity (Wildman–Crippen MR) is 180 cm³/mol. The lowest BCUT2D eigenvalue weighted by Crippen LogP contribution is -1.97. The first kappa shape index (κ1) is 24.6. The maximum absolute atomic E-state index is 6.25. The Bertz CT molecular complexity index is 2490. The predicted octanol–water partition coefficient (Wildman–Crippen LogP) is 10.5. The topological polar surface area (TPSA) is 43.9 Å². The highest BCUT2D eigenvalue weighted by molar-refractivity contribution is 6.15. The van der Waals surface area contributed by atoms with Gasteiger partial charge < -0.3 is 8.98 Å². The summed E-state index contributed by atoms with van der Waals surface area (Å²) in [5, 5.41) is 4.51. The molecule has 0 N–H and O–H groups in total. The summed E-state index contributed by atoms with van der Waals surface area (Å²) in [7, 11) is 0. The smallest absolute Gasteiger partial charge is 0.161 e. The Balaban J connectivity index is 1.31. The van der Waals surface area contributed by atoms with E-state index in [-0.39, 0.29) is 0 Å². The number of hydrogen-bond acceptors (Lipinski definition) is 3. The van der Waals surface area contributed by atoms with Crippen LogP contribution in [-0.4, -0.2) is 14.5 Å². The molecule has 206 valence electrons. The molecule has 0 unspecified atom stereocenters. The van der Waals surface area contributed by atoms with Crippen LogP contribution in [0.1, 0.15) is 0 Å². The van der Waals surface area contributed by atoms with Crippen molar-refractivity contribution in [2.24, 2.45) is 0 Å². The highest BCUT2D eigenvalue weighted by atomic mass is 16.3. The molecule has 0 radical (unpaired) electrons. The number of benzene rings is 6. The van der Waals surface area contributed by atoms with E-state index in [0.717, 1.165) is 72.1 Å². The highest BCUT2D eigenvalue weighted by Crippen LogP contribution is 2.39. The van der Waals surface area contributed by atoms with E-state index in [1.807, 2.05) is 36.4 Å². The summed E-state index contributed by atoms with van der Waals surface area (Å²) >= 11 is 0. The van der Waals surface area contributed by atoms with E-state index in [1.165, 1.54) is 5.39 Å². The zero-order valence-corrected chi connectivity index (χ0v) is 23.7. The molecular formula is C40H25N3O. The molecule has 0 amide bonds. The van der Waals surface area contributed by atoms with Gasteiger partial charge in [-0.05, 0) is 48.5 Å². The second-order valence-electron chi connectivity index (χ2n) is 11.0. The van der Waals surface area contributed by atoms with Gasteiger partial charge in [-0.1, -0.05) is 103 Å². The van der Waals surface area contributed by atoms with Gasteiger partial charge in [0.05, 0.1) is 22.4 Å². The molecule has 0 saturated carbocycles. The number of rotatable bonds is 4. The normalized spacial score (nSPS) is 11.6. The van der Waals surface area contributed by atoms with Crippen LogP contribution in [0.25, 0.3) is 83.3 Å². The molecule has 0 spiro atoms. The monoisotopic (exact) mass is 563 g/mol. The largest absolute Gasteiger partial charge is 0.456 e. The summed E-state index contributed by atoms with van der Waals surface area (Å²) in [6, 6.07) is 52.4. The SMILES string of the molecule is c1ccc(-c2cc(-c3ccc4c(c3)oc3ccccc34)nc(-c3cccc4c3c3ccccc3n4-c3ccccc3)n2)cc1. The van der Waals surface area contributed by atoms with Gasteiger partial charge in [-0.3, -0.25) is 0 Å². The summed E-state index contributed by atoms with van der Waals surface area (Å²) in [4.78, 5) is 10.4. The number of fused-ring (bicyclic) bond motifs is 6. The Labute approximate surface area is 253 Å². The van der Waals surface area contributed by atoms with Crippen molar-refractivity contribution in [1.29, 1.82) is 0 Å². The van der Waals surface area contributed by atoms with Crippen LogP contribution in [0.15, 0.2) is 156 Å². The number of para-hydroxylation sites is 3.